The zero-order valence-corrected chi connectivity index (χ0v) is 14.2. The standard InChI is InChI=1S/C18H25NO4/c1-18(2,3)23-17(21)19-9-8-14(11-19)16(12-20)13-6-5-7-15(10-13)22-4/h5-7,10,12,14,16H,8-9,11H2,1-4H3. The van der Waals surface area contributed by atoms with Crippen molar-refractivity contribution in [2.75, 3.05) is 20.2 Å². The van der Waals surface area contributed by atoms with Crippen LogP contribution < -0.4 is 4.74 Å². The van der Waals surface area contributed by atoms with Gasteiger partial charge in [0.1, 0.15) is 17.6 Å². The molecule has 2 rings (SSSR count). The first-order valence-corrected chi connectivity index (χ1v) is 7.91. The molecule has 0 N–H and O–H groups in total. The Morgan fingerprint density at radius 3 is 2.74 bits per heavy atom. The molecule has 0 spiro atoms. The molecule has 23 heavy (non-hydrogen) atoms. The maximum absolute atomic E-state index is 12.1. The van der Waals surface area contributed by atoms with Crippen molar-refractivity contribution in [3.8, 4) is 5.75 Å². The monoisotopic (exact) mass is 319 g/mol. The third kappa shape index (κ3) is 4.47. The summed E-state index contributed by atoms with van der Waals surface area (Å²) in [7, 11) is 1.61. The van der Waals surface area contributed by atoms with Gasteiger partial charge in [-0.25, -0.2) is 4.79 Å². The minimum absolute atomic E-state index is 0.104. The Bertz CT molecular complexity index is 564. The summed E-state index contributed by atoms with van der Waals surface area (Å²) in [6.07, 6.45) is 1.45. The van der Waals surface area contributed by atoms with Crippen molar-refractivity contribution in [3.05, 3.63) is 29.8 Å². The van der Waals surface area contributed by atoms with E-state index in [0.29, 0.717) is 13.1 Å². The molecule has 126 valence electrons. The van der Waals surface area contributed by atoms with Gasteiger partial charge in [-0.2, -0.15) is 0 Å². The van der Waals surface area contributed by atoms with Gasteiger partial charge in [0.05, 0.1) is 7.11 Å². The summed E-state index contributed by atoms with van der Waals surface area (Å²) in [6, 6.07) is 7.55. The molecule has 0 radical (unpaired) electrons. The molecule has 5 nitrogen and oxygen atoms in total. The highest BCUT2D eigenvalue weighted by Crippen LogP contribution is 2.32. The highest BCUT2D eigenvalue weighted by Gasteiger charge is 2.34. The lowest BCUT2D eigenvalue weighted by Crippen LogP contribution is -2.35. The van der Waals surface area contributed by atoms with E-state index in [1.807, 2.05) is 45.0 Å². The Labute approximate surface area is 137 Å². The topological polar surface area (TPSA) is 55.8 Å². The highest BCUT2D eigenvalue weighted by atomic mass is 16.6. The van der Waals surface area contributed by atoms with Gasteiger partial charge in [0.25, 0.3) is 0 Å². The van der Waals surface area contributed by atoms with Crippen molar-refractivity contribution in [1.29, 1.82) is 0 Å². The van der Waals surface area contributed by atoms with Crippen molar-refractivity contribution in [2.45, 2.75) is 38.7 Å². The van der Waals surface area contributed by atoms with E-state index >= 15 is 0 Å². The third-order valence-electron chi connectivity index (χ3n) is 4.01. The summed E-state index contributed by atoms with van der Waals surface area (Å²) in [5.41, 5.74) is 0.418. The molecule has 1 amide bonds. The number of likely N-dealkylation sites (tertiary alicyclic amines) is 1. The van der Waals surface area contributed by atoms with Crippen LogP contribution in [0.2, 0.25) is 0 Å². The van der Waals surface area contributed by atoms with E-state index in [1.165, 1.54) is 0 Å². The van der Waals surface area contributed by atoms with Gasteiger partial charge >= 0.3 is 6.09 Å². The van der Waals surface area contributed by atoms with E-state index in [4.69, 9.17) is 9.47 Å². The summed E-state index contributed by atoms with van der Waals surface area (Å²) >= 11 is 0. The average molecular weight is 319 g/mol. The Hall–Kier alpha value is -2.04. The molecule has 1 saturated heterocycles. The zero-order chi connectivity index (χ0) is 17.0. The first-order chi connectivity index (χ1) is 10.8. The van der Waals surface area contributed by atoms with E-state index in [-0.39, 0.29) is 17.9 Å². The lowest BCUT2D eigenvalue weighted by Gasteiger charge is -2.25. The maximum Gasteiger partial charge on any atom is 0.410 e. The molecule has 0 aromatic heterocycles. The van der Waals surface area contributed by atoms with Crippen LogP contribution in [0.25, 0.3) is 0 Å². The number of ether oxygens (including phenoxy) is 2. The number of methoxy groups -OCH3 is 1. The highest BCUT2D eigenvalue weighted by molar-refractivity contribution is 5.69. The molecule has 1 fully saturated rings. The van der Waals surface area contributed by atoms with Crippen LogP contribution in [0.1, 0.15) is 38.7 Å². The van der Waals surface area contributed by atoms with Crippen molar-refractivity contribution in [2.24, 2.45) is 5.92 Å². The Kier molecular flexibility index (Phi) is 5.29. The second kappa shape index (κ2) is 7.02. The Morgan fingerprint density at radius 1 is 1.39 bits per heavy atom. The van der Waals surface area contributed by atoms with Crippen LogP contribution >= 0.6 is 0 Å². The van der Waals surface area contributed by atoms with E-state index in [2.05, 4.69) is 0 Å². The number of benzene rings is 1. The smallest absolute Gasteiger partial charge is 0.410 e. The number of carbonyl (C=O) groups excluding carboxylic acids is 2. The number of aldehydes is 1. The van der Waals surface area contributed by atoms with E-state index in [9.17, 15) is 9.59 Å². The maximum atomic E-state index is 12.1. The van der Waals surface area contributed by atoms with Gasteiger partial charge in [-0.15, -0.1) is 0 Å². The molecule has 5 heteroatoms. The van der Waals surface area contributed by atoms with Crippen molar-refractivity contribution < 1.29 is 19.1 Å². The molecule has 1 aliphatic rings. The second-order valence-corrected chi connectivity index (χ2v) is 6.91. The van der Waals surface area contributed by atoms with Crippen molar-refractivity contribution in [3.63, 3.8) is 0 Å². The minimum atomic E-state index is -0.508. The molecule has 1 heterocycles. The number of rotatable bonds is 4. The molecular weight excluding hydrogens is 294 g/mol. The molecular formula is C18H25NO4. The quantitative estimate of drug-likeness (QED) is 0.800. The molecule has 2 unspecified atom stereocenters. The fourth-order valence-corrected chi connectivity index (χ4v) is 2.88. The summed E-state index contributed by atoms with van der Waals surface area (Å²) in [6.45, 7) is 6.71. The fourth-order valence-electron chi connectivity index (χ4n) is 2.88. The normalized spacial score (nSPS) is 19.3. The van der Waals surface area contributed by atoms with Crippen LogP contribution in [0, 0.1) is 5.92 Å². The molecule has 1 aromatic carbocycles. The number of hydrogen-bond donors (Lipinski definition) is 0. The van der Waals surface area contributed by atoms with Gasteiger partial charge in [-0.1, -0.05) is 12.1 Å². The van der Waals surface area contributed by atoms with Crippen molar-refractivity contribution in [1.82, 2.24) is 4.90 Å². The first kappa shape index (κ1) is 17.3. The van der Waals surface area contributed by atoms with Gasteiger partial charge in [-0.05, 0) is 50.8 Å². The summed E-state index contributed by atoms with van der Waals surface area (Å²) in [5, 5.41) is 0. The number of hydrogen-bond acceptors (Lipinski definition) is 4. The summed E-state index contributed by atoms with van der Waals surface area (Å²) in [5.74, 6) is 0.598. The molecule has 0 aliphatic carbocycles. The van der Waals surface area contributed by atoms with Gasteiger partial charge in [0.15, 0.2) is 0 Å². The summed E-state index contributed by atoms with van der Waals surface area (Å²) < 4.78 is 10.6. The largest absolute Gasteiger partial charge is 0.497 e. The molecule has 2 atom stereocenters. The average Bonchev–Trinajstić information content (AvgIpc) is 2.96. The molecule has 1 aliphatic heterocycles. The molecule has 0 saturated carbocycles. The number of amides is 1. The van der Waals surface area contributed by atoms with Crippen LogP contribution in [-0.4, -0.2) is 43.1 Å². The SMILES string of the molecule is COc1cccc(C(C=O)C2CCN(C(=O)OC(C)(C)C)C2)c1. The van der Waals surface area contributed by atoms with Crippen LogP contribution in [0.4, 0.5) is 4.79 Å². The van der Waals surface area contributed by atoms with Gasteiger partial charge in [0.2, 0.25) is 0 Å². The van der Waals surface area contributed by atoms with Crippen LogP contribution in [0.3, 0.4) is 0 Å². The van der Waals surface area contributed by atoms with Crippen LogP contribution in [0.15, 0.2) is 24.3 Å². The first-order valence-electron chi connectivity index (χ1n) is 7.91. The predicted octanol–water partition coefficient (Wildman–Crippen LogP) is 3.23. The van der Waals surface area contributed by atoms with Crippen LogP contribution in [-0.2, 0) is 9.53 Å². The van der Waals surface area contributed by atoms with E-state index in [0.717, 1.165) is 24.0 Å². The van der Waals surface area contributed by atoms with E-state index in [1.54, 1.807) is 12.0 Å². The van der Waals surface area contributed by atoms with Gasteiger partial charge in [0, 0.05) is 19.0 Å². The molecule has 1 aromatic rings. The number of nitrogens with zero attached hydrogens (tertiary/aromatic N) is 1. The predicted molar refractivity (Wildman–Crippen MR) is 87.7 cm³/mol. The fraction of sp³-hybridized carbons (Fsp3) is 0.556. The Morgan fingerprint density at radius 2 is 2.13 bits per heavy atom. The summed E-state index contributed by atoms with van der Waals surface area (Å²) in [4.78, 5) is 25.5. The van der Waals surface area contributed by atoms with Gasteiger partial charge < -0.3 is 19.2 Å². The molecule has 0 bridgehead atoms. The lowest BCUT2D eigenvalue weighted by molar-refractivity contribution is -0.110. The lowest BCUT2D eigenvalue weighted by atomic mass is 9.86. The van der Waals surface area contributed by atoms with Crippen molar-refractivity contribution >= 4 is 12.4 Å². The zero-order valence-electron chi connectivity index (χ0n) is 14.2. The number of carbonyl (C=O) groups is 2. The third-order valence-corrected chi connectivity index (χ3v) is 4.01. The van der Waals surface area contributed by atoms with Crippen LogP contribution in [0.5, 0.6) is 5.75 Å². The Balaban J connectivity index is 2.06. The second-order valence-electron chi connectivity index (χ2n) is 6.91. The minimum Gasteiger partial charge on any atom is -0.497 e. The van der Waals surface area contributed by atoms with E-state index < -0.39 is 5.60 Å². The van der Waals surface area contributed by atoms with Gasteiger partial charge in [-0.3, -0.25) is 0 Å².